The number of aromatic nitrogens is 4. The minimum Gasteiger partial charge on any atom is -0.231 e. The summed E-state index contributed by atoms with van der Waals surface area (Å²) in [5.74, 6) is 0.0311. The molecule has 0 bridgehead atoms. The quantitative estimate of drug-likeness (QED) is 0.789. The average Bonchev–Trinajstić information content (AvgIpc) is 3.08. The highest BCUT2D eigenvalue weighted by molar-refractivity contribution is 7.89. The molecule has 2 heterocycles. The Balaban J connectivity index is 1.69. The maximum atomic E-state index is 12.7. The summed E-state index contributed by atoms with van der Waals surface area (Å²) >= 11 is 0. The summed E-state index contributed by atoms with van der Waals surface area (Å²) < 4.78 is 28.6. The van der Waals surface area contributed by atoms with E-state index in [1.165, 1.54) is 16.6 Å². The van der Waals surface area contributed by atoms with Crippen LogP contribution in [-0.2, 0) is 23.0 Å². The van der Waals surface area contributed by atoms with Crippen LogP contribution in [0.2, 0.25) is 0 Å². The van der Waals surface area contributed by atoms with Crippen molar-refractivity contribution in [2.24, 2.45) is 0 Å². The number of aryl methyl sites for hydroxylation is 1. The summed E-state index contributed by atoms with van der Waals surface area (Å²) in [6, 6.07) is 10.1. The third-order valence-corrected chi connectivity index (χ3v) is 6.11. The SMILES string of the molecule is O=S(=O)(CCn1cnnn1)N1CCCCC1Cc1ccccc1. The molecule has 1 aliphatic heterocycles. The van der Waals surface area contributed by atoms with Crippen molar-refractivity contribution in [2.45, 2.75) is 38.3 Å². The molecule has 23 heavy (non-hydrogen) atoms. The van der Waals surface area contributed by atoms with E-state index >= 15 is 0 Å². The molecule has 7 nitrogen and oxygen atoms in total. The van der Waals surface area contributed by atoms with Crippen molar-refractivity contribution < 1.29 is 8.42 Å². The molecule has 2 aromatic rings. The van der Waals surface area contributed by atoms with Gasteiger partial charge in [-0.3, -0.25) is 0 Å². The second kappa shape index (κ2) is 7.18. The highest BCUT2D eigenvalue weighted by atomic mass is 32.2. The molecule has 1 fully saturated rings. The lowest BCUT2D eigenvalue weighted by Gasteiger charge is -2.34. The topological polar surface area (TPSA) is 81.0 Å². The number of piperidine rings is 1. The maximum Gasteiger partial charge on any atom is 0.216 e. The molecular formula is C15H21N5O2S. The van der Waals surface area contributed by atoms with E-state index in [9.17, 15) is 8.42 Å². The van der Waals surface area contributed by atoms with Gasteiger partial charge in [0.05, 0.1) is 12.3 Å². The normalized spacial score (nSPS) is 19.7. The molecule has 8 heteroatoms. The van der Waals surface area contributed by atoms with Gasteiger partial charge in [-0.05, 0) is 35.3 Å². The van der Waals surface area contributed by atoms with Crippen molar-refractivity contribution >= 4 is 10.0 Å². The molecule has 124 valence electrons. The highest BCUT2D eigenvalue weighted by Gasteiger charge is 2.32. The summed E-state index contributed by atoms with van der Waals surface area (Å²) in [7, 11) is -3.31. The van der Waals surface area contributed by atoms with E-state index in [2.05, 4.69) is 27.7 Å². The molecule has 0 spiro atoms. The van der Waals surface area contributed by atoms with Gasteiger partial charge in [-0.25, -0.2) is 13.1 Å². The predicted octanol–water partition coefficient (Wildman–Crippen LogP) is 1.10. The van der Waals surface area contributed by atoms with Crippen molar-refractivity contribution in [3.63, 3.8) is 0 Å². The molecule has 0 radical (unpaired) electrons. The first-order valence-corrected chi connectivity index (χ1v) is 9.50. The van der Waals surface area contributed by atoms with E-state index in [1.54, 1.807) is 4.31 Å². The second-order valence-corrected chi connectivity index (χ2v) is 7.88. The Morgan fingerprint density at radius 1 is 1.17 bits per heavy atom. The number of tetrazole rings is 1. The number of nitrogens with zero attached hydrogens (tertiary/aromatic N) is 5. The van der Waals surface area contributed by atoms with Gasteiger partial charge < -0.3 is 0 Å². The van der Waals surface area contributed by atoms with Gasteiger partial charge in [0.1, 0.15) is 6.33 Å². The molecule has 1 aliphatic rings. The summed E-state index contributed by atoms with van der Waals surface area (Å²) in [4.78, 5) is 0. The van der Waals surface area contributed by atoms with E-state index in [0.717, 1.165) is 25.7 Å². The van der Waals surface area contributed by atoms with E-state index < -0.39 is 10.0 Å². The monoisotopic (exact) mass is 335 g/mol. The molecule has 1 atom stereocenters. The Labute approximate surface area is 136 Å². The Hall–Kier alpha value is -1.80. The maximum absolute atomic E-state index is 12.7. The molecule has 1 unspecified atom stereocenters. The van der Waals surface area contributed by atoms with Crippen molar-refractivity contribution in [1.29, 1.82) is 0 Å². The largest absolute Gasteiger partial charge is 0.231 e. The lowest BCUT2D eigenvalue weighted by Crippen LogP contribution is -2.46. The smallest absolute Gasteiger partial charge is 0.216 e. The number of benzene rings is 1. The Kier molecular flexibility index (Phi) is 5.02. The standard InChI is InChI=1S/C15H21N5O2S/c21-23(22,11-10-19-13-16-17-18-19)20-9-5-4-8-15(20)12-14-6-2-1-3-7-14/h1-3,6-7,13,15H,4-5,8-12H2. The first kappa shape index (κ1) is 16.1. The lowest BCUT2D eigenvalue weighted by atomic mass is 9.98. The number of hydrogen-bond donors (Lipinski definition) is 0. The fourth-order valence-electron chi connectivity index (χ4n) is 3.04. The van der Waals surface area contributed by atoms with Crippen LogP contribution in [0, 0.1) is 0 Å². The van der Waals surface area contributed by atoms with Crippen molar-refractivity contribution in [3.05, 3.63) is 42.2 Å². The Morgan fingerprint density at radius 3 is 2.74 bits per heavy atom. The van der Waals surface area contributed by atoms with Gasteiger partial charge in [-0.15, -0.1) is 5.10 Å². The average molecular weight is 335 g/mol. The van der Waals surface area contributed by atoms with Gasteiger partial charge in [-0.1, -0.05) is 36.8 Å². The Bertz CT molecular complexity index is 703. The van der Waals surface area contributed by atoms with Crippen LogP contribution in [0.15, 0.2) is 36.7 Å². The van der Waals surface area contributed by atoms with Crippen LogP contribution in [0.3, 0.4) is 0 Å². The first-order chi connectivity index (χ1) is 11.1. The highest BCUT2D eigenvalue weighted by Crippen LogP contribution is 2.24. The molecule has 0 amide bonds. The van der Waals surface area contributed by atoms with Crippen LogP contribution in [0.25, 0.3) is 0 Å². The fraction of sp³-hybridized carbons (Fsp3) is 0.533. The molecule has 3 rings (SSSR count). The zero-order chi connectivity index (χ0) is 16.1. The second-order valence-electron chi connectivity index (χ2n) is 5.84. The summed E-state index contributed by atoms with van der Waals surface area (Å²) in [5.41, 5.74) is 1.18. The predicted molar refractivity (Wildman–Crippen MR) is 86.1 cm³/mol. The zero-order valence-corrected chi connectivity index (χ0v) is 13.8. The number of rotatable bonds is 6. The van der Waals surface area contributed by atoms with Crippen LogP contribution < -0.4 is 0 Å². The zero-order valence-electron chi connectivity index (χ0n) is 13.0. The van der Waals surface area contributed by atoms with Crippen LogP contribution in [0.5, 0.6) is 0 Å². The van der Waals surface area contributed by atoms with Gasteiger partial charge in [0.25, 0.3) is 0 Å². The van der Waals surface area contributed by atoms with Crippen LogP contribution in [-0.4, -0.2) is 51.3 Å². The van der Waals surface area contributed by atoms with E-state index in [-0.39, 0.29) is 18.3 Å². The fourth-order valence-corrected chi connectivity index (χ4v) is 4.73. The van der Waals surface area contributed by atoms with Gasteiger partial charge in [0.15, 0.2) is 0 Å². The van der Waals surface area contributed by atoms with Gasteiger partial charge in [0, 0.05) is 12.6 Å². The summed E-state index contributed by atoms with van der Waals surface area (Å²) in [6.07, 6.45) is 5.13. The van der Waals surface area contributed by atoms with E-state index in [0.29, 0.717) is 6.54 Å². The first-order valence-electron chi connectivity index (χ1n) is 7.89. The van der Waals surface area contributed by atoms with Crippen molar-refractivity contribution in [3.8, 4) is 0 Å². The van der Waals surface area contributed by atoms with Gasteiger partial charge in [-0.2, -0.15) is 4.31 Å². The molecule has 0 saturated carbocycles. The minimum absolute atomic E-state index is 0.0311. The summed E-state index contributed by atoms with van der Waals surface area (Å²) in [6.45, 7) is 0.888. The third-order valence-electron chi connectivity index (χ3n) is 4.21. The van der Waals surface area contributed by atoms with Crippen LogP contribution in [0.1, 0.15) is 24.8 Å². The molecule has 0 N–H and O–H groups in total. The molecule has 1 saturated heterocycles. The number of hydrogen-bond acceptors (Lipinski definition) is 5. The third kappa shape index (κ3) is 4.14. The van der Waals surface area contributed by atoms with Gasteiger partial charge in [0.2, 0.25) is 10.0 Å². The molecule has 1 aromatic carbocycles. The summed E-state index contributed by atoms with van der Waals surface area (Å²) in [5, 5.41) is 10.8. The van der Waals surface area contributed by atoms with Crippen molar-refractivity contribution in [1.82, 2.24) is 24.5 Å². The Morgan fingerprint density at radius 2 is 2.00 bits per heavy atom. The lowest BCUT2D eigenvalue weighted by molar-refractivity contribution is 0.250. The van der Waals surface area contributed by atoms with Crippen molar-refractivity contribution in [2.75, 3.05) is 12.3 Å². The number of sulfonamides is 1. The van der Waals surface area contributed by atoms with Gasteiger partial charge >= 0.3 is 0 Å². The van der Waals surface area contributed by atoms with Crippen LogP contribution in [0.4, 0.5) is 0 Å². The molecule has 1 aromatic heterocycles. The van der Waals surface area contributed by atoms with Crippen LogP contribution >= 0.6 is 0 Å². The van der Waals surface area contributed by atoms with E-state index in [1.807, 2.05) is 18.2 Å². The molecule has 0 aliphatic carbocycles. The van der Waals surface area contributed by atoms with E-state index in [4.69, 9.17) is 0 Å². The minimum atomic E-state index is -3.31. The molecular weight excluding hydrogens is 314 g/mol.